The zero-order valence-electron chi connectivity index (χ0n) is 17.2. The first kappa shape index (κ1) is 18.4. The lowest BCUT2D eigenvalue weighted by Gasteiger charge is -2.19. The summed E-state index contributed by atoms with van der Waals surface area (Å²) in [5, 5.41) is 0. The fourth-order valence-electron chi connectivity index (χ4n) is 5.01. The number of nitrogens with zero attached hydrogens (tertiary/aromatic N) is 4. The molecule has 2 aliphatic heterocycles. The van der Waals surface area contributed by atoms with Crippen LogP contribution in [0.5, 0.6) is 0 Å². The Bertz CT molecular complexity index is 1010. The van der Waals surface area contributed by atoms with E-state index in [9.17, 15) is 4.79 Å². The molecule has 5 nitrogen and oxygen atoms in total. The lowest BCUT2D eigenvalue weighted by Crippen LogP contribution is -2.28. The van der Waals surface area contributed by atoms with Crippen molar-refractivity contribution in [2.45, 2.75) is 26.3 Å². The molecule has 3 aromatic rings. The third kappa shape index (κ3) is 3.33. The number of hydrogen-bond acceptors (Lipinski definition) is 3. The molecular weight excluding hydrogens is 360 g/mol. The Balaban J connectivity index is 1.45. The summed E-state index contributed by atoms with van der Waals surface area (Å²) in [7, 11) is 0. The number of imidazole rings is 1. The van der Waals surface area contributed by atoms with Crippen LogP contribution in [0.2, 0.25) is 0 Å². The number of benzene rings is 1. The first-order valence-electron chi connectivity index (χ1n) is 10.6. The van der Waals surface area contributed by atoms with Crippen molar-refractivity contribution in [2.24, 2.45) is 11.8 Å². The number of carbonyl (C=O) groups is 1. The van der Waals surface area contributed by atoms with Crippen molar-refractivity contribution < 1.29 is 4.79 Å². The molecule has 5 heteroatoms. The monoisotopic (exact) mass is 388 g/mol. The molecule has 1 amide bonds. The summed E-state index contributed by atoms with van der Waals surface area (Å²) in [4.78, 5) is 20.5. The van der Waals surface area contributed by atoms with Crippen LogP contribution in [0.25, 0.3) is 16.9 Å². The minimum absolute atomic E-state index is 0.527. The Morgan fingerprint density at radius 2 is 1.76 bits per heavy atom. The van der Waals surface area contributed by atoms with Gasteiger partial charge in [-0.2, -0.15) is 0 Å². The third-order valence-corrected chi connectivity index (χ3v) is 6.59. The van der Waals surface area contributed by atoms with Crippen molar-refractivity contribution in [1.29, 1.82) is 0 Å². The molecule has 0 spiro atoms. The van der Waals surface area contributed by atoms with E-state index in [0.717, 1.165) is 50.5 Å². The predicted molar refractivity (Wildman–Crippen MR) is 115 cm³/mol. The van der Waals surface area contributed by atoms with Gasteiger partial charge in [0.05, 0.1) is 11.4 Å². The number of pyridine rings is 1. The molecule has 2 aromatic heterocycles. The summed E-state index contributed by atoms with van der Waals surface area (Å²) in [5.74, 6) is 1.74. The molecule has 2 aliphatic rings. The summed E-state index contributed by atoms with van der Waals surface area (Å²) >= 11 is 0. The molecule has 2 saturated heterocycles. The Labute approximate surface area is 172 Å². The molecule has 0 saturated carbocycles. The minimum Gasteiger partial charge on any atom is -0.345 e. The molecule has 5 rings (SSSR count). The Kier molecular flexibility index (Phi) is 4.63. The highest BCUT2D eigenvalue weighted by Crippen LogP contribution is 2.33. The van der Waals surface area contributed by atoms with Crippen LogP contribution in [0, 0.1) is 11.8 Å². The zero-order valence-corrected chi connectivity index (χ0v) is 17.2. The number of rotatable bonds is 5. The van der Waals surface area contributed by atoms with E-state index in [4.69, 9.17) is 4.98 Å². The molecule has 0 N–H and O–H groups in total. The lowest BCUT2D eigenvalue weighted by molar-refractivity contribution is -0.117. The Morgan fingerprint density at radius 3 is 2.41 bits per heavy atom. The maximum Gasteiger partial charge on any atom is 0.209 e. The second-order valence-corrected chi connectivity index (χ2v) is 8.89. The van der Waals surface area contributed by atoms with Crippen LogP contribution in [0.1, 0.15) is 31.0 Å². The van der Waals surface area contributed by atoms with Crippen LogP contribution in [0.15, 0.2) is 48.7 Å². The second-order valence-electron chi connectivity index (χ2n) is 8.89. The lowest BCUT2D eigenvalue weighted by atomic mass is 10.0. The molecule has 4 heterocycles. The normalized spacial score (nSPS) is 22.0. The van der Waals surface area contributed by atoms with Crippen LogP contribution in [-0.2, 0) is 11.3 Å². The van der Waals surface area contributed by atoms with Gasteiger partial charge in [-0.05, 0) is 35.4 Å². The van der Waals surface area contributed by atoms with E-state index >= 15 is 0 Å². The van der Waals surface area contributed by atoms with Gasteiger partial charge in [-0.3, -0.25) is 9.69 Å². The SMILES string of the molecule is CC(C)c1ccc(-c2nc3ccccn3c2CN2CC3CN(C=O)CC3C2)cc1. The highest BCUT2D eigenvalue weighted by molar-refractivity contribution is 5.67. The summed E-state index contributed by atoms with van der Waals surface area (Å²) in [6, 6.07) is 15.1. The minimum atomic E-state index is 0.527. The van der Waals surface area contributed by atoms with Gasteiger partial charge >= 0.3 is 0 Å². The maximum absolute atomic E-state index is 11.1. The van der Waals surface area contributed by atoms with Gasteiger partial charge in [0, 0.05) is 44.5 Å². The molecule has 150 valence electrons. The quantitative estimate of drug-likeness (QED) is 0.627. The summed E-state index contributed by atoms with van der Waals surface area (Å²) < 4.78 is 2.23. The zero-order chi connectivity index (χ0) is 20.0. The largest absolute Gasteiger partial charge is 0.345 e. The van der Waals surface area contributed by atoms with Gasteiger partial charge in [0.25, 0.3) is 0 Å². The van der Waals surface area contributed by atoms with Crippen molar-refractivity contribution in [3.05, 3.63) is 59.9 Å². The first-order chi connectivity index (χ1) is 14.1. The fraction of sp³-hybridized carbons (Fsp3) is 0.417. The first-order valence-corrected chi connectivity index (χ1v) is 10.6. The maximum atomic E-state index is 11.1. The highest BCUT2D eigenvalue weighted by atomic mass is 16.1. The number of likely N-dealkylation sites (tertiary alicyclic amines) is 2. The van der Waals surface area contributed by atoms with Crippen LogP contribution >= 0.6 is 0 Å². The topological polar surface area (TPSA) is 40.9 Å². The van der Waals surface area contributed by atoms with Gasteiger partial charge in [0.1, 0.15) is 5.65 Å². The molecule has 1 aromatic carbocycles. The van der Waals surface area contributed by atoms with E-state index in [1.165, 1.54) is 16.8 Å². The van der Waals surface area contributed by atoms with E-state index in [1.807, 2.05) is 11.0 Å². The number of amides is 1. The van der Waals surface area contributed by atoms with Crippen molar-refractivity contribution in [3.63, 3.8) is 0 Å². The van der Waals surface area contributed by atoms with Crippen LogP contribution in [-0.4, -0.2) is 51.8 Å². The number of carbonyl (C=O) groups excluding carboxylic acids is 1. The molecule has 0 radical (unpaired) electrons. The van der Waals surface area contributed by atoms with Crippen LogP contribution < -0.4 is 0 Å². The average molecular weight is 389 g/mol. The van der Waals surface area contributed by atoms with Crippen LogP contribution in [0.4, 0.5) is 0 Å². The highest BCUT2D eigenvalue weighted by Gasteiger charge is 2.39. The molecule has 2 fully saturated rings. The summed E-state index contributed by atoms with van der Waals surface area (Å²) in [6.07, 6.45) is 3.13. The van der Waals surface area contributed by atoms with E-state index in [2.05, 4.69) is 65.7 Å². The Morgan fingerprint density at radius 1 is 1.03 bits per heavy atom. The molecule has 0 aliphatic carbocycles. The van der Waals surface area contributed by atoms with Crippen molar-refractivity contribution in [1.82, 2.24) is 19.2 Å². The number of fused-ring (bicyclic) bond motifs is 2. The second kappa shape index (κ2) is 7.30. The van der Waals surface area contributed by atoms with Crippen molar-refractivity contribution in [3.8, 4) is 11.3 Å². The van der Waals surface area contributed by atoms with Crippen LogP contribution in [0.3, 0.4) is 0 Å². The molecule has 2 unspecified atom stereocenters. The molecule has 2 atom stereocenters. The van der Waals surface area contributed by atoms with Gasteiger partial charge in [-0.25, -0.2) is 4.98 Å². The molecule has 0 bridgehead atoms. The van der Waals surface area contributed by atoms with E-state index in [-0.39, 0.29) is 0 Å². The van der Waals surface area contributed by atoms with Crippen molar-refractivity contribution in [2.75, 3.05) is 26.2 Å². The summed E-state index contributed by atoms with van der Waals surface area (Å²) in [6.45, 7) is 9.26. The fourth-order valence-corrected chi connectivity index (χ4v) is 5.01. The van der Waals surface area contributed by atoms with Gasteiger partial charge in [0.2, 0.25) is 6.41 Å². The van der Waals surface area contributed by atoms with Crippen molar-refractivity contribution >= 4 is 12.1 Å². The predicted octanol–water partition coefficient (Wildman–Crippen LogP) is 3.64. The van der Waals surface area contributed by atoms with E-state index < -0.39 is 0 Å². The molecular formula is C24H28N4O. The summed E-state index contributed by atoms with van der Waals surface area (Å²) in [5.41, 5.74) is 5.87. The van der Waals surface area contributed by atoms with Gasteiger partial charge in [0.15, 0.2) is 0 Å². The van der Waals surface area contributed by atoms with Gasteiger partial charge < -0.3 is 9.30 Å². The number of hydrogen-bond donors (Lipinski definition) is 0. The smallest absolute Gasteiger partial charge is 0.209 e. The molecule has 29 heavy (non-hydrogen) atoms. The number of aromatic nitrogens is 2. The van der Waals surface area contributed by atoms with E-state index in [1.54, 1.807) is 0 Å². The third-order valence-electron chi connectivity index (χ3n) is 6.59. The standard InChI is InChI=1S/C24H28N4O/c1-17(2)18-6-8-19(9-7-18)24-22(28-10-4-3-5-23(28)25-24)15-26-11-20-13-27(16-29)14-21(20)12-26/h3-10,16-17,20-21H,11-15H2,1-2H3. The average Bonchev–Trinajstić information content (AvgIpc) is 3.40. The Hall–Kier alpha value is -2.66. The van der Waals surface area contributed by atoms with Gasteiger partial charge in [-0.15, -0.1) is 0 Å². The van der Waals surface area contributed by atoms with E-state index in [0.29, 0.717) is 17.8 Å². The van der Waals surface area contributed by atoms with Gasteiger partial charge in [-0.1, -0.05) is 44.2 Å².